The van der Waals surface area contributed by atoms with E-state index in [2.05, 4.69) is 0 Å². The number of nitrogens with zero attached hydrogens (tertiary/aromatic N) is 2. The van der Waals surface area contributed by atoms with Crippen LogP contribution in [-0.2, 0) is 11.3 Å². The Kier molecular flexibility index (Phi) is 4.30. The molecule has 0 atom stereocenters. The van der Waals surface area contributed by atoms with Crippen LogP contribution < -0.4 is 4.43 Å². The Morgan fingerprint density at radius 1 is 1.08 bits per heavy atom. The minimum absolute atomic E-state index is 0.0702. The molecule has 0 saturated heterocycles. The van der Waals surface area contributed by atoms with Crippen LogP contribution in [0.1, 0.15) is 33.5 Å². The van der Waals surface area contributed by atoms with Crippen molar-refractivity contribution in [1.82, 2.24) is 4.73 Å². The van der Waals surface area contributed by atoms with E-state index in [1.54, 1.807) is 42.5 Å². The molecule has 25 heavy (non-hydrogen) atoms. The van der Waals surface area contributed by atoms with E-state index in [1.165, 1.54) is 19.1 Å². The number of fused-ring (bicyclic) bond motifs is 1. The molecule has 0 aliphatic rings. The first-order chi connectivity index (χ1) is 12.0. The molecule has 0 N–H and O–H groups in total. The summed E-state index contributed by atoms with van der Waals surface area (Å²) >= 11 is 0. The van der Waals surface area contributed by atoms with Gasteiger partial charge in [-0.15, -0.1) is 0 Å². The fourth-order valence-electron chi connectivity index (χ4n) is 2.55. The summed E-state index contributed by atoms with van der Waals surface area (Å²) < 4.78 is 5.98. The maximum Gasteiger partial charge on any atom is 0.338 e. The van der Waals surface area contributed by atoms with Crippen LogP contribution in [0.15, 0.2) is 54.6 Å². The lowest BCUT2D eigenvalue weighted by Crippen LogP contribution is -2.31. The van der Waals surface area contributed by atoms with Gasteiger partial charge in [0.25, 0.3) is 5.52 Å². The van der Waals surface area contributed by atoms with Crippen molar-refractivity contribution in [3.63, 3.8) is 0 Å². The van der Waals surface area contributed by atoms with Gasteiger partial charge < -0.3 is 14.7 Å². The number of esters is 1. The van der Waals surface area contributed by atoms with Crippen molar-refractivity contribution in [2.24, 2.45) is 0 Å². The van der Waals surface area contributed by atoms with Crippen molar-refractivity contribution in [3.05, 3.63) is 81.7 Å². The molecule has 1 aromatic heterocycles. The lowest BCUT2D eigenvalue weighted by atomic mass is 10.2. The first kappa shape index (κ1) is 16.4. The largest absolute Gasteiger partial charge is 0.805 e. The van der Waals surface area contributed by atoms with Crippen LogP contribution in [0.25, 0.3) is 11.0 Å². The molecular weight excluding hydrogens is 324 g/mol. The lowest BCUT2D eigenvalue weighted by molar-refractivity contribution is -0.468. The summed E-state index contributed by atoms with van der Waals surface area (Å²) in [5.41, 5.74) is -0.0748. The normalized spacial score (nSPS) is 10.6. The number of hydrogen-bond donors (Lipinski definition) is 0. The highest BCUT2D eigenvalue weighted by atomic mass is 16.5. The van der Waals surface area contributed by atoms with Gasteiger partial charge in [-0.05, 0) is 18.2 Å². The highest BCUT2D eigenvalue weighted by Crippen LogP contribution is 2.16. The van der Waals surface area contributed by atoms with Crippen LogP contribution >= 0.6 is 0 Å². The van der Waals surface area contributed by atoms with Crippen molar-refractivity contribution >= 4 is 22.8 Å². The summed E-state index contributed by atoms with van der Waals surface area (Å²) in [5.74, 6) is -1.24. The molecule has 3 aromatic rings. The zero-order valence-electron chi connectivity index (χ0n) is 13.3. The summed E-state index contributed by atoms with van der Waals surface area (Å²) in [7, 11) is 0. The molecule has 0 unspecified atom stereocenters. The van der Waals surface area contributed by atoms with E-state index in [4.69, 9.17) is 4.74 Å². The first-order valence-electron chi connectivity index (χ1n) is 7.50. The number of benzene rings is 2. The number of carbonyl (C=O) groups excluding carboxylic acids is 2. The number of Topliss-reactive ketones (excluding diaryl/α,β-unsaturated/α-hetero) is 1. The van der Waals surface area contributed by atoms with Crippen LogP contribution in [0.4, 0.5) is 0 Å². The fourth-order valence-corrected chi connectivity index (χ4v) is 2.55. The van der Waals surface area contributed by atoms with Gasteiger partial charge in [-0.1, -0.05) is 30.3 Å². The molecule has 0 radical (unpaired) electrons. The number of ketones is 1. The van der Waals surface area contributed by atoms with Gasteiger partial charge in [0.05, 0.1) is 9.99 Å². The Bertz CT molecular complexity index is 1020. The van der Waals surface area contributed by atoms with E-state index < -0.39 is 18.4 Å². The number of ether oxygens (including phenoxy) is 1. The van der Waals surface area contributed by atoms with Crippen molar-refractivity contribution < 1.29 is 18.8 Å². The molecule has 0 fully saturated rings. The van der Waals surface area contributed by atoms with E-state index >= 15 is 0 Å². The van der Waals surface area contributed by atoms with Crippen LogP contribution in [0.3, 0.4) is 0 Å². The monoisotopic (exact) mass is 338 g/mol. The maximum absolute atomic E-state index is 12.6. The molecule has 7 nitrogen and oxygen atoms in total. The van der Waals surface area contributed by atoms with Gasteiger partial charge in [0.2, 0.25) is 5.78 Å². The van der Waals surface area contributed by atoms with Gasteiger partial charge in [0.1, 0.15) is 17.8 Å². The SMILES string of the molecule is CC(=O)c1c(COC(=O)c2ccccc2)n([O-])c2ccccc2[n+]1=O. The minimum atomic E-state index is -0.652. The second kappa shape index (κ2) is 6.56. The van der Waals surface area contributed by atoms with Crippen LogP contribution in [0.2, 0.25) is 0 Å². The molecule has 1 heterocycles. The molecule has 0 aliphatic carbocycles. The van der Waals surface area contributed by atoms with Crippen molar-refractivity contribution in [3.8, 4) is 0 Å². The second-order valence-electron chi connectivity index (χ2n) is 5.37. The number of aromatic nitrogens is 2. The summed E-state index contributed by atoms with van der Waals surface area (Å²) in [6.45, 7) is 0.695. The summed E-state index contributed by atoms with van der Waals surface area (Å²) in [6, 6.07) is 14.3. The molecular formula is C18H14N2O5. The Hall–Kier alpha value is -3.48. The molecule has 0 saturated carbocycles. The average molecular weight is 338 g/mol. The molecule has 0 bridgehead atoms. The van der Waals surface area contributed by atoms with Gasteiger partial charge >= 0.3 is 11.7 Å². The van der Waals surface area contributed by atoms with Gasteiger partial charge in [-0.2, -0.15) is 0 Å². The smallest absolute Gasteiger partial charge is 0.338 e. The van der Waals surface area contributed by atoms with Crippen LogP contribution in [0, 0.1) is 10.1 Å². The van der Waals surface area contributed by atoms with Crippen molar-refractivity contribution in [2.75, 3.05) is 0 Å². The van der Waals surface area contributed by atoms with Gasteiger partial charge in [-0.3, -0.25) is 4.79 Å². The average Bonchev–Trinajstić information content (AvgIpc) is 2.63. The molecule has 3 rings (SSSR count). The number of rotatable bonds is 4. The third kappa shape index (κ3) is 2.99. The van der Waals surface area contributed by atoms with Gasteiger partial charge in [-0.25, -0.2) is 4.79 Å². The number of hydrogen-bond acceptors (Lipinski definition) is 5. The van der Waals surface area contributed by atoms with Gasteiger partial charge in [0, 0.05) is 17.9 Å². The van der Waals surface area contributed by atoms with Crippen LogP contribution in [-0.4, -0.2) is 16.5 Å². The van der Waals surface area contributed by atoms with Crippen molar-refractivity contribution in [1.29, 1.82) is 0 Å². The van der Waals surface area contributed by atoms with E-state index in [0.717, 1.165) is 0 Å². The second-order valence-corrected chi connectivity index (χ2v) is 5.37. The van der Waals surface area contributed by atoms with E-state index in [9.17, 15) is 19.7 Å². The third-order valence-corrected chi connectivity index (χ3v) is 3.72. The topological polar surface area (TPSA) is 94.3 Å². The van der Waals surface area contributed by atoms with E-state index in [0.29, 0.717) is 14.7 Å². The quantitative estimate of drug-likeness (QED) is 0.414. The predicted octanol–water partition coefficient (Wildman–Crippen LogP) is 2.46. The minimum Gasteiger partial charge on any atom is -0.805 e. The standard InChI is InChI=1S/C18H14N2O5/c1-12(21)17-16(11-25-18(22)13-7-3-2-4-8-13)19(23)14-9-5-6-10-15(14)20(17)24/h2-10H,11H2,1H3. The maximum atomic E-state index is 12.6. The van der Waals surface area contributed by atoms with Crippen LogP contribution in [0.5, 0.6) is 0 Å². The molecule has 0 aliphatic heterocycles. The molecule has 126 valence electrons. The highest BCUT2D eigenvalue weighted by Gasteiger charge is 2.27. The Morgan fingerprint density at radius 2 is 1.72 bits per heavy atom. The van der Waals surface area contributed by atoms with E-state index in [-0.39, 0.29) is 22.4 Å². The molecule has 0 amide bonds. The predicted molar refractivity (Wildman–Crippen MR) is 89.6 cm³/mol. The summed E-state index contributed by atoms with van der Waals surface area (Å²) in [6.07, 6.45) is 0. The number of para-hydroxylation sites is 2. The lowest BCUT2D eigenvalue weighted by Gasteiger charge is -2.18. The number of carbonyl (C=O) groups is 2. The fraction of sp³-hybridized carbons (Fsp3) is 0.111. The summed E-state index contributed by atoms with van der Waals surface area (Å²) in [5, 5.41) is 12.6. The third-order valence-electron chi connectivity index (χ3n) is 3.72. The van der Waals surface area contributed by atoms with Gasteiger partial charge in [0.15, 0.2) is 0 Å². The Labute approximate surface area is 142 Å². The Morgan fingerprint density at radius 3 is 2.40 bits per heavy atom. The first-order valence-corrected chi connectivity index (χ1v) is 7.50. The Balaban J connectivity index is 2.05. The molecule has 0 spiro atoms. The zero-order chi connectivity index (χ0) is 18.0. The molecule has 7 heteroatoms. The molecule has 2 aromatic carbocycles. The summed E-state index contributed by atoms with van der Waals surface area (Å²) in [4.78, 5) is 36.4. The zero-order valence-corrected chi connectivity index (χ0v) is 13.3. The highest BCUT2D eigenvalue weighted by molar-refractivity contribution is 5.93. The van der Waals surface area contributed by atoms with E-state index in [1.807, 2.05) is 0 Å². The van der Waals surface area contributed by atoms with Crippen molar-refractivity contribution in [2.45, 2.75) is 13.5 Å².